The average molecular weight is 535 g/mol. The van der Waals surface area contributed by atoms with E-state index in [4.69, 9.17) is 14.2 Å². The van der Waals surface area contributed by atoms with Crippen molar-refractivity contribution in [3.05, 3.63) is 77.4 Å². The summed E-state index contributed by atoms with van der Waals surface area (Å²) in [7, 11) is 1.32. The summed E-state index contributed by atoms with van der Waals surface area (Å²) in [4.78, 5) is 12.4. The molecule has 6 nitrogen and oxygen atoms in total. The van der Waals surface area contributed by atoms with Crippen molar-refractivity contribution in [2.45, 2.75) is 36.5 Å². The molecule has 0 radical (unpaired) electrons. The van der Waals surface area contributed by atoms with Crippen LogP contribution in [0.15, 0.2) is 65.6 Å². The number of esters is 1. The van der Waals surface area contributed by atoms with E-state index in [1.165, 1.54) is 31.4 Å². The summed E-state index contributed by atoms with van der Waals surface area (Å²) >= 11 is 1.64. The molecule has 0 fully saturated rings. The minimum Gasteiger partial charge on any atom is -0.492 e. The second-order valence-electron chi connectivity index (χ2n) is 8.10. The predicted molar refractivity (Wildman–Crippen MR) is 131 cm³/mol. The molecule has 0 saturated heterocycles. The number of hydrogen-bond acceptors (Lipinski definition) is 7. The van der Waals surface area contributed by atoms with Gasteiger partial charge < -0.3 is 23.7 Å². The minimum atomic E-state index is -4.71. The number of benzene rings is 3. The normalized spacial score (nSPS) is 12.8. The van der Waals surface area contributed by atoms with Crippen LogP contribution in [0.1, 0.15) is 23.1 Å². The fourth-order valence-corrected chi connectivity index (χ4v) is 4.64. The highest BCUT2D eigenvalue weighted by Gasteiger charge is 2.31. The molecule has 1 aliphatic heterocycles. The molecule has 3 aromatic rings. The summed E-state index contributed by atoms with van der Waals surface area (Å²) in [5.74, 6) is 2.08. The van der Waals surface area contributed by atoms with E-state index in [1.807, 2.05) is 36.4 Å². The minimum absolute atomic E-state index is 0.151. The van der Waals surface area contributed by atoms with Gasteiger partial charge in [0.1, 0.15) is 29.6 Å². The van der Waals surface area contributed by atoms with Crippen molar-refractivity contribution >= 4 is 17.7 Å². The van der Waals surface area contributed by atoms with Crippen molar-refractivity contribution in [2.24, 2.45) is 0 Å². The summed E-state index contributed by atoms with van der Waals surface area (Å²) in [6.07, 6.45) is -3.03. The molecule has 0 atom stereocenters. The molecule has 3 aromatic carbocycles. The number of carbonyl (C=O) groups excluding carboxylic acids is 1. The topological polar surface area (TPSA) is 63.2 Å². The van der Waals surface area contributed by atoms with Crippen LogP contribution in [0, 0.1) is 0 Å². The number of methoxy groups -OCH3 is 1. The van der Waals surface area contributed by atoms with Gasteiger partial charge in [-0.1, -0.05) is 24.3 Å². The number of hydrogen-bond donors (Lipinski definition) is 0. The summed E-state index contributed by atoms with van der Waals surface area (Å²) in [5, 5.41) is 0. The molecule has 0 saturated carbocycles. The van der Waals surface area contributed by atoms with Crippen LogP contribution in [0.3, 0.4) is 0 Å². The van der Waals surface area contributed by atoms with E-state index in [0.717, 1.165) is 40.2 Å². The van der Waals surface area contributed by atoms with Crippen LogP contribution in [0.4, 0.5) is 13.2 Å². The van der Waals surface area contributed by atoms with Gasteiger partial charge in [0.05, 0.1) is 18.6 Å². The van der Waals surface area contributed by atoms with Gasteiger partial charge in [-0.2, -0.15) is 0 Å². The number of ether oxygens (including phenoxy) is 5. The largest absolute Gasteiger partial charge is 0.573 e. The van der Waals surface area contributed by atoms with Crippen LogP contribution >= 0.6 is 11.8 Å². The number of halogens is 3. The van der Waals surface area contributed by atoms with Gasteiger partial charge in [-0.25, -0.2) is 4.79 Å². The summed E-state index contributed by atoms with van der Waals surface area (Å²) in [6, 6.07) is 17.0. The molecule has 10 heteroatoms. The second kappa shape index (κ2) is 12.1. The first-order valence-corrected chi connectivity index (χ1v) is 12.5. The van der Waals surface area contributed by atoms with Gasteiger partial charge >= 0.3 is 12.3 Å². The third-order valence-electron chi connectivity index (χ3n) is 5.45. The monoisotopic (exact) mass is 534 g/mol. The highest BCUT2D eigenvalue weighted by atomic mass is 32.2. The molecule has 0 amide bonds. The standard InChI is InChI=1S/C27H25F3O6S/c1-32-25(31)16-35-23-12-13-24(26-22(23)3-2-14-33-26)37-17-19-6-8-20(9-7-19)34-15-18-4-10-21(11-5-18)36-27(28,29)30/h4-13H,2-3,14-17H2,1H3. The number of rotatable bonds is 10. The molecule has 0 N–H and O–H groups in total. The van der Waals surface area contributed by atoms with Crippen LogP contribution in [0.5, 0.6) is 23.0 Å². The summed E-state index contributed by atoms with van der Waals surface area (Å²) in [6.45, 7) is 0.695. The van der Waals surface area contributed by atoms with Gasteiger partial charge in [0.2, 0.25) is 0 Å². The van der Waals surface area contributed by atoms with Gasteiger partial charge in [-0.05, 0) is 60.4 Å². The average Bonchev–Trinajstić information content (AvgIpc) is 2.90. The first kappa shape index (κ1) is 26.5. The van der Waals surface area contributed by atoms with Gasteiger partial charge in [0.25, 0.3) is 0 Å². The van der Waals surface area contributed by atoms with E-state index >= 15 is 0 Å². The molecule has 1 heterocycles. The Balaban J connectivity index is 1.31. The highest BCUT2D eigenvalue weighted by Crippen LogP contribution is 2.42. The molecule has 0 aromatic heterocycles. The van der Waals surface area contributed by atoms with Crippen LogP contribution in [-0.2, 0) is 28.3 Å². The third-order valence-corrected chi connectivity index (χ3v) is 6.56. The van der Waals surface area contributed by atoms with Crippen molar-refractivity contribution in [3.8, 4) is 23.0 Å². The Morgan fingerprint density at radius 3 is 2.35 bits per heavy atom. The maximum Gasteiger partial charge on any atom is 0.573 e. The first-order chi connectivity index (χ1) is 17.8. The van der Waals surface area contributed by atoms with Crippen LogP contribution < -0.4 is 18.9 Å². The second-order valence-corrected chi connectivity index (χ2v) is 9.12. The fraction of sp³-hybridized carbons (Fsp3) is 0.296. The van der Waals surface area contributed by atoms with Crippen LogP contribution in [-0.4, -0.2) is 32.7 Å². The fourth-order valence-electron chi connectivity index (χ4n) is 3.65. The lowest BCUT2D eigenvalue weighted by Gasteiger charge is -2.23. The smallest absolute Gasteiger partial charge is 0.492 e. The molecule has 0 spiro atoms. The molecular weight excluding hydrogens is 509 g/mol. The van der Waals surface area contributed by atoms with E-state index < -0.39 is 12.3 Å². The molecule has 0 unspecified atom stereocenters. The van der Waals surface area contributed by atoms with E-state index in [1.54, 1.807) is 11.8 Å². The van der Waals surface area contributed by atoms with Crippen LogP contribution in [0.25, 0.3) is 0 Å². The van der Waals surface area contributed by atoms with Gasteiger partial charge in [-0.15, -0.1) is 24.9 Å². The Hall–Kier alpha value is -3.53. The highest BCUT2D eigenvalue weighted by molar-refractivity contribution is 7.98. The Kier molecular flexibility index (Phi) is 8.70. The zero-order valence-corrected chi connectivity index (χ0v) is 20.8. The zero-order chi connectivity index (χ0) is 26.3. The lowest BCUT2D eigenvalue weighted by Crippen LogP contribution is -2.17. The Labute approximate surface area is 216 Å². The summed E-state index contributed by atoms with van der Waals surface area (Å²) < 4.78 is 62.7. The van der Waals surface area contributed by atoms with Crippen molar-refractivity contribution in [1.82, 2.24) is 0 Å². The molecular formula is C27H25F3O6S. The Morgan fingerprint density at radius 2 is 1.65 bits per heavy atom. The Morgan fingerprint density at radius 1 is 0.946 bits per heavy atom. The maximum atomic E-state index is 12.3. The molecule has 1 aliphatic rings. The van der Waals surface area contributed by atoms with Crippen molar-refractivity contribution in [2.75, 3.05) is 20.3 Å². The molecule has 196 valence electrons. The predicted octanol–water partition coefficient (Wildman–Crippen LogP) is 6.33. The van der Waals surface area contributed by atoms with E-state index in [9.17, 15) is 18.0 Å². The number of carbonyl (C=O) groups is 1. The van der Waals surface area contributed by atoms with Crippen molar-refractivity contribution in [1.29, 1.82) is 0 Å². The van der Waals surface area contributed by atoms with E-state index in [-0.39, 0.29) is 19.0 Å². The quantitative estimate of drug-likeness (QED) is 0.222. The van der Waals surface area contributed by atoms with Gasteiger partial charge in [-0.3, -0.25) is 0 Å². The molecule has 37 heavy (non-hydrogen) atoms. The number of fused-ring (bicyclic) bond motifs is 1. The summed E-state index contributed by atoms with van der Waals surface area (Å²) in [5.41, 5.74) is 2.77. The Bertz CT molecular complexity index is 1200. The van der Waals surface area contributed by atoms with E-state index in [2.05, 4.69) is 9.47 Å². The lowest BCUT2D eigenvalue weighted by atomic mass is 10.1. The number of thioether (sulfide) groups is 1. The molecule has 0 aliphatic carbocycles. The molecule has 0 bridgehead atoms. The van der Waals surface area contributed by atoms with Crippen molar-refractivity contribution in [3.63, 3.8) is 0 Å². The maximum absolute atomic E-state index is 12.3. The molecule has 4 rings (SSSR count). The van der Waals surface area contributed by atoms with E-state index in [0.29, 0.717) is 23.9 Å². The van der Waals surface area contributed by atoms with Gasteiger partial charge in [0, 0.05) is 11.3 Å². The SMILES string of the molecule is COC(=O)COc1ccc(SCc2ccc(OCc3ccc(OC(F)(F)F)cc3)cc2)c2c1CCCO2. The lowest BCUT2D eigenvalue weighted by molar-refractivity contribution is -0.274. The van der Waals surface area contributed by atoms with Gasteiger partial charge in [0.15, 0.2) is 6.61 Å². The van der Waals surface area contributed by atoms with Crippen molar-refractivity contribution < 1.29 is 41.7 Å². The number of alkyl halides is 3. The van der Waals surface area contributed by atoms with Crippen LogP contribution in [0.2, 0.25) is 0 Å². The zero-order valence-electron chi connectivity index (χ0n) is 20.0. The first-order valence-electron chi connectivity index (χ1n) is 11.5. The third kappa shape index (κ3) is 7.72.